The highest BCUT2D eigenvalue weighted by Gasteiger charge is 2.39. The van der Waals surface area contributed by atoms with Crippen LogP contribution in [0.15, 0.2) is 72.9 Å². The third kappa shape index (κ3) is 6.31. The summed E-state index contributed by atoms with van der Waals surface area (Å²) in [6.07, 6.45) is 1.66. The smallest absolute Gasteiger partial charge is 0.337 e. The van der Waals surface area contributed by atoms with Crippen molar-refractivity contribution in [1.82, 2.24) is 29.5 Å². The summed E-state index contributed by atoms with van der Waals surface area (Å²) in [6, 6.07) is 16.5. The summed E-state index contributed by atoms with van der Waals surface area (Å²) in [6.45, 7) is 4.90. The fourth-order valence-electron chi connectivity index (χ4n) is 6.23. The minimum atomic E-state index is -0.683. The zero-order chi connectivity index (χ0) is 35.2. The van der Waals surface area contributed by atoms with Gasteiger partial charge in [0.25, 0.3) is 0 Å². The number of aromatic nitrogens is 6. The largest absolute Gasteiger partial charge is 0.473 e. The molecule has 0 aliphatic carbocycles. The number of ether oxygens (including phenoxy) is 3. The molecule has 1 fully saturated rings. The van der Waals surface area contributed by atoms with E-state index >= 15 is 8.78 Å². The highest BCUT2D eigenvalue weighted by molar-refractivity contribution is 5.93. The number of fused-ring (bicyclic) bond motifs is 1. The molecule has 6 aromatic rings. The fraction of sp³-hybridized carbons (Fsp3) is 0.270. The van der Waals surface area contributed by atoms with Gasteiger partial charge in [0.1, 0.15) is 35.6 Å². The van der Waals surface area contributed by atoms with Crippen LogP contribution in [0.25, 0.3) is 33.5 Å². The average Bonchev–Trinajstić information content (AvgIpc) is 3.80. The number of aryl methyl sites for hydroxylation is 1. The van der Waals surface area contributed by atoms with E-state index in [0.29, 0.717) is 46.9 Å². The number of carbonyl (C=O) groups excluding carboxylic acids is 1. The first-order valence-corrected chi connectivity index (χ1v) is 15.9. The van der Waals surface area contributed by atoms with Gasteiger partial charge >= 0.3 is 5.97 Å². The predicted octanol–water partition coefficient (Wildman–Crippen LogP) is 6.87. The molecule has 4 heterocycles. The molecule has 7 rings (SSSR count). The van der Waals surface area contributed by atoms with Gasteiger partial charge in [0.2, 0.25) is 5.88 Å². The van der Waals surface area contributed by atoms with Crippen LogP contribution in [0, 0.1) is 22.9 Å². The van der Waals surface area contributed by atoms with Gasteiger partial charge in [0.05, 0.1) is 54.9 Å². The Hall–Kier alpha value is -5.56. The lowest BCUT2D eigenvalue weighted by molar-refractivity contribution is 0.0601. The average molecular weight is 683 g/mol. The molecular weight excluding hydrogens is 649 g/mol. The number of carbonyl (C=O) groups is 1. The molecule has 0 saturated carbocycles. The standard InChI is InChI=1S/C37H33F3N6O4/c1-37(2)20-49-19-33(37)46-32-14-22(36(47)48-4)10-11-30(32)41-34(46)15-24-13-28(40)25(16-27(24)39)29-6-5-7-35(42-29)50-18-23-9-8-21(12-26(23)38)31-17-45(3)44-43-31/h5-14,16-17,33H,15,18-20H2,1-4H3/t33-/m1/s1. The summed E-state index contributed by atoms with van der Waals surface area (Å²) < 4.78 is 66.4. The Morgan fingerprint density at radius 3 is 2.50 bits per heavy atom. The lowest BCUT2D eigenvalue weighted by atomic mass is 9.87. The molecule has 0 bridgehead atoms. The van der Waals surface area contributed by atoms with E-state index in [2.05, 4.69) is 29.1 Å². The normalized spacial score (nSPS) is 15.5. The summed E-state index contributed by atoms with van der Waals surface area (Å²) in [5.74, 6) is -1.69. The van der Waals surface area contributed by atoms with Crippen LogP contribution in [0.3, 0.4) is 0 Å². The monoisotopic (exact) mass is 682 g/mol. The van der Waals surface area contributed by atoms with Gasteiger partial charge in [-0.15, -0.1) is 5.10 Å². The molecule has 13 heteroatoms. The third-order valence-corrected chi connectivity index (χ3v) is 8.96. The number of nitrogens with zero attached hydrogens (tertiary/aromatic N) is 6. The molecule has 1 aliphatic heterocycles. The van der Waals surface area contributed by atoms with Crippen molar-refractivity contribution < 1.29 is 32.2 Å². The Morgan fingerprint density at radius 2 is 1.78 bits per heavy atom. The molecule has 10 nitrogen and oxygen atoms in total. The van der Waals surface area contributed by atoms with Crippen LogP contribution >= 0.6 is 0 Å². The zero-order valence-electron chi connectivity index (χ0n) is 27.8. The molecule has 0 N–H and O–H groups in total. The minimum absolute atomic E-state index is 0.0182. The van der Waals surface area contributed by atoms with Crippen molar-refractivity contribution in [3.63, 3.8) is 0 Å². The van der Waals surface area contributed by atoms with Gasteiger partial charge < -0.3 is 18.8 Å². The second-order valence-corrected chi connectivity index (χ2v) is 12.9. The molecule has 0 unspecified atom stereocenters. The number of esters is 1. The highest BCUT2D eigenvalue weighted by atomic mass is 19.1. The number of halogens is 3. The van der Waals surface area contributed by atoms with Gasteiger partial charge in [-0.25, -0.2) is 27.9 Å². The molecule has 0 radical (unpaired) electrons. The van der Waals surface area contributed by atoms with Crippen LogP contribution in [0.5, 0.6) is 5.88 Å². The van der Waals surface area contributed by atoms with E-state index in [1.54, 1.807) is 61.8 Å². The summed E-state index contributed by atoms with van der Waals surface area (Å²) in [7, 11) is 3.04. The highest BCUT2D eigenvalue weighted by Crippen LogP contribution is 2.41. The number of benzene rings is 3. The number of hydrogen-bond acceptors (Lipinski definition) is 8. The van der Waals surface area contributed by atoms with Crippen molar-refractivity contribution >= 4 is 17.0 Å². The molecule has 1 saturated heterocycles. The number of pyridine rings is 1. The van der Waals surface area contributed by atoms with Crippen LogP contribution in [-0.4, -0.2) is 55.8 Å². The quantitative estimate of drug-likeness (QED) is 0.152. The molecule has 0 spiro atoms. The van der Waals surface area contributed by atoms with Crippen LogP contribution in [-0.2, 0) is 29.5 Å². The maximum atomic E-state index is 15.8. The number of imidazole rings is 1. The molecule has 0 amide bonds. The molecular formula is C37H33F3N6O4. The Labute approximate surface area is 285 Å². The van der Waals surface area contributed by atoms with Crippen LogP contribution in [0.1, 0.15) is 47.2 Å². The lowest BCUT2D eigenvalue weighted by Crippen LogP contribution is -2.27. The van der Waals surface area contributed by atoms with Gasteiger partial charge in [-0.1, -0.05) is 37.3 Å². The molecule has 3 aromatic carbocycles. The van der Waals surface area contributed by atoms with Crippen LogP contribution in [0.4, 0.5) is 13.2 Å². The Balaban J connectivity index is 1.14. The summed E-state index contributed by atoms with van der Waals surface area (Å²) in [5, 5.41) is 7.87. The van der Waals surface area contributed by atoms with E-state index in [4.69, 9.17) is 19.2 Å². The Bertz CT molecular complexity index is 2250. The van der Waals surface area contributed by atoms with Gasteiger partial charge in [0, 0.05) is 41.6 Å². The van der Waals surface area contributed by atoms with Crippen molar-refractivity contribution in [3.05, 3.63) is 113 Å². The first-order valence-electron chi connectivity index (χ1n) is 15.9. The summed E-state index contributed by atoms with van der Waals surface area (Å²) in [4.78, 5) is 21.5. The second kappa shape index (κ2) is 13.0. The SMILES string of the molecule is COC(=O)c1ccc2nc(Cc3cc(F)c(-c4cccc(OCc5ccc(-c6cn(C)nn6)cc5F)n4)cc3F)n([C@@H]3COCC3(C)C)c2c1. The topological polar surface area (TPSA) is 106 Å². The van der Waals surface area contributed by atoms with Gasteiger partial charge in [-0.05, 0) is 48.0 Å². The third-order valence-electron chi connectivity index (χ3n) is 8.96. The number of rotatable bonds is 9. The number of hydrogen-bond donors (Lipinski definition) is 0. The van der Waals surface area contributed by atoms with Crippen LogP contribution in [0.2, 0.25) is 0 Å². The first kappa shape index (κ1) is 33.0. The second-order valence-electron chi connectivity index (χ2n) is 12.9. The molecule has 256 valence electrons. The van der Waals surface area contributed by atoms with E-state index in [1.165, 1.54) is 17.9 Å². The Kier molecular flexibility index (Phi) is 8.60. The lowest BCUT2D eigenvalue weighted by Gasteiger charge is -2.28. The molecule has 1 atom stereocenters. The molecule has 1 aliphatic rings. The van der Waals surface area contributed by atoms with Crippen molar-refractivity contribution in [3.8, 4) is 28.4 Å². The van der Waals surface area contributed by atoms with Gasteiger partial charge in [0.15, 0.2) is 0 Å². The van der Waals surface area contributed by atoms with Crippen molar-refractivity contribution in [2.75, 3.05) is 20.3 Å². The maximum Gasteiger partial charge on any atom is 0.337 e. The fourth-order valence-corrected chi connectivity index (χ4v) is 6.23. The van der Waals surface area contributed by atoms with E-state index < -0.39 is 23.4 Å². The van der Waals surface area contributed by atoms with E-state index in [-0.39, 0.29) is 52.7 Å². The molecule has 50 heavy (non-hydrogen) atoms. The van der Waals surface area contributed by atoms with Crippen molar-refractivity contribution in [2.24, 2.45) is 12.5 Å². The van der Waals surface area contributed by atoms with E-state index in [0.717, 1.165) is 12.1 Å². The number of methoxy groups -OCH3 is 1. The van der Waals surface area contributed by atoms with Gasteiger partial charge in [-0.2, -0.15) is 0 Å². The van der Waals surface area contributed by atoms with Crippen molar-refractivity contribution in [2.45, 2.75) is 32.9 Å². The zero-order valence-corrected chi connectivity index (χ0v) is 27.8. The Morgan fingerprint density at radius 1 is 0.960 bits per heavy atom. The maximum absolute atomic E-state index is 15.8. The van der Waals surface area contributed by atoms with Gasteiger partial charge in [-0.3, -0.25) is 4.68 Å². The predicted molar refractivity (Wildman–Crippen MR) is 178 cm³/mol. The van der Waals surface area contributed by atoms with E-state index in [9.17, 15) is 9.18 Å². The molecule has 3 aromatic heterocycles. The van der Waals surface area contributed by atoms with E-state index in [1.807, 2.05) is 4.57 Å². The van der Waals surface area contributed by atoms with Crippen LogP contribution < -0.4 is 4.74 Å². The summed E-state index contributed by atoms with van der Waals surface area (Å²) in [5.41, 5.74) is 2.92. The first-order chi connectivity index (χ1) is 24.0. The minimum Gasteiger partial charge on any atom is -0.473 e. The van der Waals surface area contributed by atoms with Crippen molar-refractivity contribution in [1.29, 1.82) is 0 Å². The summed E-state index contributed by atoms with van der Waals surface area (Å²) >= 11 is 0.